The zero-order chi connectivity index (χ0) is 14.8. The second kappa shape index (κ2) is 5.24. The van der Waals surface area contributed by atoms with Crippen LogP contribution in [0.3, 0.4) is 0 Å². The molecule has 106 valence electrons. The summed E-state index contributed by atoms with van der Waals surface area (Å²) in [5.74, 6) is 0.558. The fraction of sp³-hybridized carbons (Fsp3) is 0.133. The summed E-state index contributed by atoms with van der Waals surface area (Å²) in [4.78, 5) is 10.3. The topological polar surface area (TPSA) is 84.8 Å². The molecule has 1 heterocycles. The smallest absolute Gasteiger partial charge is 0.269 e. The highest BCUT2D eigenvalue weighted by atomic mass is 16.6. The summed E-state index contributed by atoms with van der Waals surface area (Å²) in [5, 5.41) is 16.9. The van der Waals surface area contributed by atoms with E-state index in [1.165, 1.54) is 12.1 Å². The van der Waals surface area contributed by atoms with E-state index in [0.717, 1.165) is 11.3 Å². The summed E-state index contributed by atoms with van der Waals surface area (Å²) in [6.07, 6.45) is 0.640. The Morgan fingerprint density at radius 1 is 1.14 bits per heavy atom. The summed E-state index contributed by atoms with van der Waals surface area (Å²) in [7, 11) is 0. The van der Waals surface area contributed by atoms with Gasteiger partial charge < -0.3 is 5.73 Å². The lowest BCUT2D eigenvalue weighted by Crippen LogP contribution is -2.18. The number of hydrazone groups is 1. The van der Waals surface area contributed by atoms with E-state index >= 15 is 0 Å². The van der Waals surface area contributed by atoms with Gasteiger partial charge in [0, 0.05) is 18.6 Å². The maximum Gasteiger partial charge on any atom is 0.269 e. The Kier molecular flexibility index (Phi) is 3.27. The molecule has 1 aliphatic rings. The lowest BCUT2D eigenvalue weighted by Gasteiger charge is -2.23. The molecule has 1 aliphatic heterocycles. The Bertz CT molecular complexity index is 683. The van der Waals surface area contributed by atoms with Gasteiger partial charge in [0.2, 0.25) is 0 Å². The van der Waals surface area contributed by atoms with Crippen LogP contribution < -0.4 is 10.7 Å². The highest BCUT2D eigenvalue weighted by molar-refractivity contribution is 5.85. The molecule has 0 saturated heterocycles. The summed E-state index contributed by atoms with van der Waals surface area (Å²) in [6.45, 7) is 0. The molecule has 6 heteroatoms. The van der Waals surface area contributed by atoms with Gasteiger partial charge in [0.15, 0.2) is 0 Å². The second-order valence-electron chi connectivity index (χ2n) is 4.84. The van der Waals surface area contributed by atoms with Gasteiger partial charge in [0.25, 0.3) is 5.69 Å². The standard InChI is InChI=1S/C15H14N4O2/c16-15-10-14(11-4-2-1-3-5-11)18(17-15)12-6-8-13(9-7-12)19(20)21/h1-9,14H,10H2,(H2,16,17)/t14-/m1/s1. The lowest BCUT2D eigenvalue weighted by atomic mass is 10.0. The first kappa shape index (κ1) is 13.1. The molecule has 0 saturated carbocycles. The summed E-state index contributed by atoms with van der Waals surface area (Å²) in [6, 6.07) is 16.3. The van der Waals surface area contributed by atoms with Gasteiger partial charge in [-0.05, 0) is 17.7 Å². The van der Waals surface area contributed by atoms with Gasteiger partial charge in [-0.15, -0.1) is 0 Å². The molecule has 0 amide bonds. The van der Waals surface area contributed by atoms with Crippen molar-refractivity contribution < 1.29 is 4.92 Å². The third-order valence-electron chi connectivity index (χ3n) is 3.44. The van der Waals surface area contributed by atoms with Crippen LogP contribution in [0.2, 0.25) is 0 Å². The number of hydrogen-bond acceptors (Lipinski definition) is 5. The summed E-state index contributed by atoms with van der Waals surface area (Å²) >= 11 is 0. The molecule has 3 rings (SSSR count). The molecule has 0 radical (unpaired) electrons. The molecule has 2 N–H and O–H groups in total. The van der Waals surface area contributed by atoms with Crippen molar-refractivity contribution in [3.63, 3.8) is 0 Å². The third kappa shape index (κ3) is 2.55. The zero-order valence-corrected chi connectivity index (χ0v) is 11.2. The average Bonchev–Trinajstić information content (AvgIpc) is 2.90. The van der Waals surface area contributed by atoms with E-state index in [0.29, 0.717) is 12.3 Å². The van der Waals surface area contributed by atoms with Crippen molar-refractivity contribution in [1.82, 2.24) is 0 Å². The molecule has 21 heavy (non-hydrogen) atoms. The average molecular weight is 282 g/mol. The van der Waals surface area contributed by atoms with Crippen LogP contribution in [0.5, 0.6) is 0 Å². The summed E-state index contributed by atoms with van der Waals surface area (Å²) in [5.41, 5.74) is 7.83. The minimum absolute atomic E-state index is 0.0210. The molecule has 0 unspecified atom stereocenters. The first-order valence-corrected chi connectivity index (χ1v) is 6.57. The van der Waals surface area contributed by atoms with Crippen LogP contribution in [0.25, 0.3) is 0 Å². The molecule has 0 fully saturated rings. The van der Waals surface area contributed by atoms with Crippen molar-refractivity contribution in [2.24, 2.45) is 10.8 Å². The Labute approximate surface area is 121 Å². The number of non-ortho nitro benzene ring substituents is 1. The monoisotopic (exact) mass is 282 g/mol. The number of anilines is 1. The van der Waals surface area contributed by atoms with Gasteiger partial charge in [-0.2, -0.15) is 5.10 Å². The Morgan fingerprint density at radius 2 is 1.81 bits per heavy atom. The minimum atomic E-state index is -0.417. The van der Waals surface area contributed by atoms with Crippen LogP contribution >= 0.6 is 0 Å². The minimum Gasteiger partial charge on any atom is -0.386 e. The van der Waals surface area contributed by atoms with Crippen LogP contribution in [0.15, 0.2) is 59.7 Å². The van der Waals surface area contributed by atoms with Gasteiger partial charge in [-0.25, -0.2) is 0 Å². The molecule has 0 aliphatic carbocycles. The largest absolute Gasteiger partial charge is 0.386 e. The van der Waals surface area contributed by atoms with Crippen LogP contribution in [-0.4, -0.2) is 10.8 Å². The second-order valence-corrected chi connectivity index (χ2v) is 4.84. The highest BCUT2D eigenvalue weighted by Gasteiger charge is 2.28. The SMILES string of the molecule is NC1=NN(c2ccc([N+](=O)[O-])cc2)[C@@H](c2ccccc2)C1. The molecular weight excluding hydrogens is 268 g/mol. The van der Waals surface area contributed by atoms with E-state index in [1.54, 1.807) is 12.1 Å². The van der Waals surface area contributed by atoms with Crippen molar-refractivity contribution in [3.05, 3.63) is 70.3 Å². The maximum absolute atomic E-state index is 10.7. The van der Waals surface area contributed by atoms with Gasteiger partial charge >= 0.3 is 0 Å². The zero-order valence-electron chi connectivity index (χ0n) is 11.2. The number of nitro groups is 1. The number of hydrogen-bond donors (Lipinski definition) is 1. The third-order valence-corrected chi connectivity index (χ3v) is 3.44. The quantitative estimate of drug-likeness (QED) is 0.693. The molecular formula is C15H14N4O2. The molecule has 1 atom stereocenters. The van der Waals surface area contributed by atoms with Crippen molar-refractivity contribution in [3.8, 4) is 0 Å². The van der Waals surface area contributed by atoms with Gasteiger partial charge in [-0.1, -0.05) is 30.3 Å². The number of amidine groups is 1. The van der Waals surface area contributed by atoms with Crippen molar-refractivity contribution >= 4 is 17.2 Å². The van der Waals surface area contributed by atoms with Crippen molar-refractivity contribution in [1.29, 1.82) is 0 Å². The number of nitrogens with two attached hydrogens (primary N) is 1. The van der Waals surface area contributed by atoms with E-state index in [-0.39, 0.29) is 11.7 Å². The van der Waals surface area contributed by atoms with Gasteiger partial charge in [0.1, 0.15) is 5.84 Å². The van der Waals surface area contributed by atoms with Crippen molar-refractivity contribution in [2.75, 3.05) is 5.01 Å². The molecule has 2 aromatic carbocycles. The number of nitrogens with zero attached hydrogens (tertiary/aromatic N) is 3. The fourth-order valence-corrected chi connectivity index (χ4v) is 2.43. The van der Waals surface area contributed by atoms with E-state index in [9.17, 15) is 10.1 Å². The van der Waals surface area contributed by atoms with E-state index in [1.807, 2.05) is 35.3 Å². The number of benzene rings is 2. The van der Waals surface area contributed by atoms with E-state index < -0.39 is 4.92 Å². The molecule has 0 aromatic heterocycles. The van der Waals surface area contributed by atoms with Crippen LogP contribution in [-0.2, 0) is 0 Å². The van der Waals surface area contributed by atoms with E-state index in [4.69, 9.17) is 5.73 Å². The first-order chi connectivity index (χ1) is 10.1. The molecule has 6 nitrogen and oxygen atoms in total. The summed E-state index contributed by atoms with van der Waals surface area (Å²) < 4.78 is 0. The molecule has 0 bridgehead atoms. The van der Waals surface area contributed by atoms with Crippen molar-refractivity contribution in [2.45, 2.75) is 12.5 Å². The Hall–Kier alpha value is -2.89. The number of nitro benzene ring substituents is 1. The molecule has 0 spiro atoms. The van der Waals surface area contributed by atoms with Gasteiger partial charge in [-0.3, -0.25) is 15.1 Å². The highest BCUT2D eigenvalue weighted by Crippen LogP contribution is 2.34. The Morgan fingerprint density at radius 3 is 2.43 bits per heavy atom. The first-order valence-electron chi connectivity index (χ1n) is 6.57. The van der Waals surface area contributed by atoms with Crippen LogP contribution in [0.1, 0.15) is 18.0 Å². The Balaban J connectivity index is 1.93. The normalized spacial score (nSPS) is 17.6. The van der Waals surface area contributed by atoms with Crippen LogP contribution in [0, 0.1) is 10.1 Å². The van der Waals surface area contributed by atoms with Crippen LogP contribution in [0.4, 0.5) is 11.4 Å². The number of rotatable bonds is 3. The van der Waals surface area contributed by atoms with Gasteiger partial charge in [0.05, 0.1) is 16.7 Å². The lowest BCUT2D eigenvalue weighted by molar-refractivity contribution is -0.384. The molecule has 2 aromatic rings. The fourth-order valence-electron chi connectivity index (χ4n) is 2.43. The predicted octanol–water partition coefficient (Wildman–Crippen LogP) is 2.82. The van der Waals surface area contributed by atoms with E-state index in [2.05, 4.69) is 5.10 Å². The predicted molar refractivity (Wildman–Crippen MR) is 81.0 cm³/mol. The maximum atomic E-state index is 10.7.